The molecule has 46 heavy (non-hydrogen) atoms. The molecule has 0 aromatic carbocycles. The van der Waals surface area contributed by atoms with Gasteiger partial charge >= 0.3 is 11.9 Å². The van der Waals surface area contributed by atoms with E-state index in [2.05, 4.69) is 26.6 Å². The molecule has 0 unspecified atom stereocenters. The van der Waals surface area contributed by atoms with Crippen molar-refractivity contribution in [3.05, 3.63) is 0 Å². The Bertz CT molecular complexity index is 1190. The summed E-state index contributed by atoms with van der Waals surface area (Å²) in [5.74, 6) is -10.8. The van der Waals surface area contributed by atoms with Crippen molar-refractivity contribution in [1.29, 1.82) is 0 Å². The smallest absolute Gasteiger partial charge is 0.327 e. The molecule has 1 aliphatic rings. The number of primary amides is 2. The van der Waals surface area contributed by atoms with Crippen LogP contribution < -0.4 is 43.8 Å². The Kier molecular flexibility index (Phi) is 16.8. The summed E-state index contributed by atoms with van der Waals surface area (Å²) < 4.78 is 0. The summed E-state index contributed by atoms with van der Waals surface area (Å²) in [7, 11) is 1.95. The van der Waals surface area contributed by atoms with Gasteiger partial charge in [-0.25, -0.2) is 4.79 Å². The molecule has 1 heterocycles. The first-order valence-electron chi connectivity index (χ1n) is 14.0. The Morgan fingerprint density at radius 2 is 1.24 bits per heavy atom. The van der Waals surface area contributed by atoms with E-state index in [1.54, 1.807) is 13.8 Å². The fourth-order valence-electron chi connectivity index (χ4n) is 3.89. The van der Waals surface area contributed by atoms with Gasteiger partial charge in [-0.2, -0.15) is 0 Å². The molecule has 258 valence electrons. The minimum absolute atomic E-state index is 0.0448. The third kappa shape index (κ3) is 13.9. The van der Waals surface area contributed by atoms with Crippen molar-refractivity contribution in [3.63, 3.8) is 0 Å². The Labute approximate surface area is 271 Å². The lowest BCUT2D eigenvalue weighted by Gasteiger charge is -2.28. The third-order valence-electron chi connectivity index (χ3n) is 6.67. The molecule has 0 aromatic heterocycles. The number of nitrogens with one attached hydrogen (secondary N) is 5. The van der Waals surface area contributed by atoms with Crippen molar-refractivity contribution in [1.82, 2.24) is 26.6 Å². The topological polar surface area (TPSA) is 332 Å². The highest BCUT2D eigenvalue weighted by Gasteiger charge is 2.35. The van der Waals surface area contributed by atoms with Gasteiger partial charge in [-0.3, -0.25) is 38.4 Å². The second-order valence-electron chi connectivity index (χ2n) is 10.4. The molecule has 1 rings (SSSR count). The van der Waals surface area contributed by atoms with Crippen LogP contribution in [0, 0.1) is 5.92 Å². The lowest BCUT2D eigenvalue weighted by molar-refractivity contribution is -0.142. The molecule has 1 aliphatic heterocycles. The molecule has 0 aromatic rings. The zero-order valence-electron chi connectivity index (χ0n) is 25.1. The number of carboxylic acid groups (broad SMARTS) is 2. The van der Waals surface area contributed by atoms with Crippen LogP contribution in [-0.4, -0.2) is 111 Å². The van der Waals surface area contributed by atoms with Crippen LogP contribution in [0.5, 0.6) is 0 Å². The second kappa shape index (κ2) is 19.4. The van der Waals surface area contributed by atoms with Gasteiger partial charge in [0.1, 0.15) is 30.2 Å². The highest BCUT2D eigenvalue weighted by Crippen LogP contribution is 2.23. The van der Waals surface area contributed by atoms with E-state index in [4.69, 9.17) is 22.3 Å². The van der Waals surface area contributed by atoms with Crippen molar-refractivity contribution in [2.45, 2.75) is 82.2 Å². The zero-order chi connectivity index (χ0) is 35.1. The van der Waals surface area contributed by atoms with Crippen LogP contribution in [0.2, 0.25) is 0 Å². The molecular formula is C25H40N8O11S2. The van der Waals surface area contributed by atoms with E-state index in [0.29, 0.717) is 6.42 Å². The van der Waals surface area contributed by atoms with Gasteiger partial charge in [-0.1, -0.05) is 41.9 Å². The summed E-state index contributed by atoms with van der Waals surface area (Å²) in [5.41, 5.74) is 16.5. The van der Waals surface area contributed by atoms with Crippen LogP contribution in [-0.2, 0) is 43.2 Å². The monoisotopic (exact) mass is 692 g/mol. The van der Waals surface area contributed by atoms with E-state index in [9.17, 15) is 48.3 Å². The van der Waals surface area contributed by atoms with Gasteiger partial charge in [0.25, 0.3) is 0 Å². The van der Waals surface area contributed by atoms with Crippen molar-refractivity contribution < 1.29 is 53.4 Å². The fraction of sp³-hybridized carbons (Fsp3) is 0.640. The maximum absolute atomic E-state index is 13.3. The molecule has 7 atom stereocenters. The van der Waals surface area contributed by atoms with Crippen molar-refractivity contribution in [2.75, 3.05) is 11.5 Å². The van der Waals surface area contributed by atoms with Crippen LogP contribution in [0.15, 0.2) is 0 Å². The summed E-state index contributed by atoms with van der Waals surface area (Å²) in [6.45, 7) is 3.37. The van der Waals surface area contributed by atoms with Gasteiger partial charge < -0.3 is 54.0 Å². The largest absolute Gasteiger partial charge is 0.481 e. The Balaban J connectivity index is 3.57. The molecule has 19 nitrogen and oxygen atoms in total. The molecule has 7 amide bonds. The SMILES string of the molecule is CC[C@H](C)[C@@H]1NC(=O)[C@@H](N)CSSC[C@@H](C(=O)O)NC(=O)[C@H](CCC(=O)O)NC(=O)[C@H](CC(N)=O)NC(=O)[C@H](CC(N)=O)NC1=O. The van der Waals surface area contributed by atoms with Crippen LogP contribution in [0.1, 0.15) is 46.0 Å². The summed E-state index contributed by atoms with van der Waals surface area (Å²) >= 11 is 0. The predicted molar refractivity (Wildman–Crippen MR) is 164 cm³/mol. The number of carboxylic acids is 2. The molecule has 13 N–H and O–H groups in total. The van der Waals surface area contributed by atoms with Gasteiger partial charge in [0.2, 0.25) is 41.4 Å². The molecule has 0 saturated carbocycles. The first kappa shape index (κ1) is 39.9. The first-order valence-corrected chi connectivity index (χ1v) is 16.5. The highest BCUT2D eigenvalue weighted by molar-refractivity contribution is 8.76. The molecule has 0 aliphatic carbocycles. The predicted octanol–water partition coefficient (Wildman–Crippen LogP) is -4.12. The van der Waals surface area contributed by atoms with E-state index in [1.807, 2.05) is 0 Å². The average Bonchev–Trinajstić information content (AvgIpc) is 2.96. The van der Waals surface area contributed by atoms with Gasteiger partial charge in [-0.05, 0) is 12.3 Å². The van der Waals surface area contributed by atoms with E-state index in [1.165, 1.54) is 0 Å². The standard InChI is InChI=1S/C25H40N8O11S2/c1-3-10(2)19-24(42)31-14(7-17(28)35)23(41)30-13(6-16(27)34)22(40)29-12(4-5-18(36)37)21(39)32-15(25(43)44)9-46-45-8-11(26)20(38)33-19/h10-15,19H,3-9,26H2,1-2H3,(H2,27,34)(H2,28,35)(H,29,40)(H,30,41)(H,31,42)(H,32,39)(H,33,38)(H,36,37)(H,43,44)/t10-,11-,12-,13-,14-,15-,19-/m0/s1. The molecule has 1 saturated heterocycles. The van der Waals surface area contributed by atoms with E-state index >= 15 is 0 Å². The van der Waals surface area contributed by atoms with E-state index in [-0.39, 0.29) is 11.5 Å². The van der Waals surface area contributed by atoms with Crippen LogP contribution in [0.3, 0.4) is 0 Å². The van der Waals surface area contributed by atoms with Crippen molar-refractivity contribution in [3.8, 4) is 0 Å². The summed E-state index contributed by atoms with van der Waals surface area (Å²) in [4.78, 5) is 112. The second-order valence-corrected chi connectivity index (χ2v) is 13.0. The van der Waals surface area contributed by atoms with Crippen molar-refractivity contribution >= 4 is 74.9 Å². The Morgan fingerprint density at radius 3 is 1.72 bits per heavy atom. The van der Waals surface area contributed by atoms with Crippen LogP contribution in [0.25, 0.3) is 0 Å². The van der Waals surface area contributed by atoms with Crippen molar-refractivity contribution in [2.24, 2.45) is 23.1 Å². The fourth-order valence-corrected chi connectivity index (χ4v) is 6.16. The minimum Gasteiger partial charge on any atom is -0.481 e. The maximum atomic E-state index is 13.3. The van der Waals surface area contributed by atoms with Gasteiger partial charge in [0.05, 0.1) is 18.9 Å². The maximum Gasteiger partial charge on any atom is 0.327 e. The van der Waals surface area contributed by atoms with E-state index < -0.39 is 121 Å². The summed E-state index contributed by atoms with van der Waals surface area (Å²) in [6.07, 6.45) is -2.37. The highest BCUT2D eigenvalue weighted by atomic mass is 33.1. The number of amides is 7. The Hall–Kier alpha value is -4.11. The zero-order valence-corrected chi connectivity index (χ0v) is 26.7. The first-order chi connectivity index (χ1) is 21.5. The molecule has 0 spiro atoms. The van der Waals surface area contributed by atoms with Crippen LogP contribution >= 0.6 is 21.6 Å². The molecule has 1 fully saturated rings. The van der Waals surface area contributed by atoms with E-state index in [0.717, 1.165) is 21.6 Å². The number of aliphatic carboxylic acids is 2. The average molecular weight is 693 g/mol. The van der Waals surface area contributed by atoms with Gasteiger partial charge in [-0.15, -0.1) is 0 Å². The lowest BCUT2D eigenvalue weighted by atomic mass is 9.97. The number of hydrogen-bond acceptors (Lipinski definition) is 12. The number of nitrogens with two attached hydrogens (primary N) is 3. The van der Waals surface area contributed by atoms with Crippen LogP contribution in [0.4, 0.5) is 0 Å². The normalized spacial score (nSPS) is 26.6. The number of rotatable bonds is 10. The molecule has 0 bridgehead atoms. The van der Waals surface area contributed by atoms with Gasteiger partial charge in [0.15, 0.2) is 0 Å². The lowest BCUT2D eigenvalue weighted by Crippen LogP contribution is -2.61. The molecule has 0 radical (unpaired) electrons. The number of carbonyl (C=O) groups is 9. The Morgan fingerprint density at radius 1 is 0.761 bits per heavy atom. The number of carbonyl (C=O) groups excluding carboxylic acids is 7. The molecule has 21 heteroatoms. The van der Waals surface area contributed by atoms with Gasteiger partial charge in [0, 0.05) is 17.9 Å². The number of hydrogen-bond donors (Lipinski definition) is 10. The summed E-state index contributed by atoms with van der Waals surface area (Å²) in [6, 6.07) is -9.08. The molecular weight excluding hydrogens is 652 g/mol. The third-order valence-corrected chi connectivity index (χ3v) is 9.11. The minimum atomic E-state index is -1.80. The summed E-state index contributed by atoms with van der Waals surface area (Å²) in [5, 5.41) is 30.2. The quantitative estimate of drug-likeness (QED) is 0.0973.